The zero-order chi connectivity index (χ0) is 20.6. The second-order valence-electron chi connectivity index (χ2n) is 7.39. The van der Waals surface area contributed by atoms with Crippen molar-refractivity contribution in [1.82, 2.24) is 4.90 Å². The van der Waals surface area contributed by atoms with Gasteiger partial charge in [-0.25, -0.2) is 12.7 Å². The molecule has 2 aromatic rings. The smallest absolute Gasteiger partial charge is 0.253 e. The minimum Gasteiger partial charge on any atom is -0.368 e. The molecule has 0 spiro atoms. The van der Waals surface area contributed by atoms with E-state index in [1.165, 1.54) is 17.7 Å². The maximum absolute atomic E-state index is 12.8. The summed E-state index contributed by atoms with van der Waals surface area (Å²) in [4.78, 5) is 28.8. The second kappa shape index (κ2) is 7.51. The zero-order valence-electron chi connectivity index (χ0n) is 16.2. The molecule has 0 radical (unpaired) electrons. The highest BCUT2D eigenvalue weighted by Crippen LogP contribution is 2.26. The van der Waals surface area contributed by atoms with Crippen molar-refractivity contribution >= 4 is 33.2 Å². The van der Waals surface area contributed by atoms with Gasteiger partial charge in [0.05, 0.1) is 11.4 Å². The molecule has 4 rings (SSSR count). The molecule has 8 heteroatoms. The Balaban J connectivity index is 1.42. The SMILES string of the molecule is Cc1cccc(N2CCN(C(=O)c3ccc(N4C(=O)CCS4(=O)=O)cc3)CC2)c1. The lowest BCUT2D eigenvalue weighted by Crippen LogP contribution is -2.48. The Morgan fingerprint density at radius 2 is 1.62 bits per heavy atom. The molecular formula is C21H23N3O4S. The molecule has 2 heterocycles. The van der Waals surface area contributed by atoms with Crippen molar-refractivity contribution in [2.75, 3.05) is 41.1 Å². The van der Waals surface area contributed by atoms with Crippen LogP contribution >= 0.6 is 0 Å². The van der Waals surface area contributed by atoms with Gasteiger partial charge in [0.15, 0.2) is 0 Å². The number of carbonyl (C=O) groups is 2. The number of hydrogen-bond acceptors (Lipinski definition) is 5. The Morgan fingerprint density at radius 3 is 2.21 bits per heavy atom. The maximum atomic E-state index is 12.8. The van der Waals surface area contributed by atoms with Crippen molar-refractivity contribution in [3.8, 4) is 0 Å². The fraction of sp³-hybridized carbons (Fsp3) is 0.333. The predicted octanol–water partition coefficient (Wildman–Crippen LogP) is 2.02. The van der Waals surface area contributed by atoms with Crippen LogP contribution in [-0.2, 0) is 14.8 Å². The molecule has 0 atom stereocenters. The molecule has 29 heavy (non-hydrogen) atoms. The minimum absolute atomic E-state index is 0.00572. The molecular weight excluding hydrogens is 390 g/mol. The summed E-state index contributed by atoms with van der Waals surface area (Å²) in [7, 11) is -3.60. The summed E-state index contributed by atoms with van der Waals surface area (Å²) in [5.74, 6) is -0.690. The highest BCUT2D eigenvalue weighted by Gasteiger charge is 2.36. The van der Waals surface area contributed by atoms with E-state index in [-0.39, 0.29) is 23.8 Å². The Kier molecular flexibility index (Phi) is 5.04. The van der Waals surface area contributed by atoms with Crippen LogP contribution in [0.15, 0.2) is 48.5 Å². The first-order valence-corrected chi connectivity index (χ1v) is 11.2. The third-order valence-electron chi connectivity index (χ3n) is 5.36. The molecule has 0 saturated carbocycles. The van der Waals surface area contributed by atoms with E-state index in [9.17, 15) is 18.0 Å². The summed E-state index contributed by atoms with van der Waals surface area (Å²) in [6, 6.07) is 14.6. The van der Waals surface area contributed by atoms with Gasteiger partial charge in [-0.15, -0.1) is 0 Å². The van der Waals surface area contributed by atoms with Gasteiger partial charge in [0.25, 0.3) is 5.91 Å². The summed E-state index contributed by atoms with van der Waals surface area (Å²) in [6.45, 7) is 4.82. The first-order chi connectivity index (χ1) is 13.8. The molecule has 152 valence electrons. The van der Waals surface area contributed by atoms with Crippen LogP contribution in [0, 0.1) is 6.92 Å². The topological polar surface area (TPSA) is 78.0 Å². The molecule has 0 bridgehead atoms. The van der Waals surface area contributed by atoms with E-state index in [1.807, 2.05) is 6.07 Å². The van der Waals surface area contributed by atoms with Gasteiger partial charge in [-0.05, 0) is 48.9 Å². The van der Waals surface area contributed by atoms with Gasteiger partial charge in [-0.2, -0.15) is 0 Å². The highest BCUT2D eigenvalue weighted by atomic mass is 32.2. The number of sulfonamides is 1. The van der Waals surface area contributed by atoms with Crippen LogP contribution in [-0.4, -0.2) is 57.1 Å². The van der Waals surface area contributed by atoms with Crippen LogP contribution < -0.4 is 9.21 Å². The molecule has 0 N–H and O–H groups in total. The number of benzene rings is 2. The van der Waals surface area contributed by atoms with Gasteiger partial charge in [0.1, 0.15) is 0 Å². The van der Waals surface area contributed by atoms with Crippen molar-refractivity contribution in [3.05, 3.63) is 59.7 Å². The summed E-state index contributed by atoms with van der Waals surface area (Å²) < 4.78 is 24.9. The first-order valence-electron chi connectivity index (χ1n) is 9.62. The summed E-state index contributed by atoms with van der Waals surface area (Å²) in [5, 5.41) is 0. The molecule has 2 aliphatic rings. The van der Waals surface area contributed by atoms with E-state index in [0.717, 1.165) is 23.1 Å². The predicted molar refractivity (Wildman–Crippen MR) is 112 cm³/mol. The summed E-state index contributed by atoms with van der Waals surface area (Å²) in [5.41, 5.74) is 3.15. The number of anilines is 2. The highest BCUT2D eigenvalue weighted by molar-refractivity contribution is 7.94. The number of amides is 2. The van der Waals surface area contributed by atoms with E-state index in [1.54, 1.807) is 17.0 Å². The quantitative estimate of drug-likeness (QED) is 0.769. The van der Waals surface area contributed by atoms with Crippen molar-refractivity contribution < 1.29 is 18.0 Å². The second-order valence-corrected chi connectivity index (χ2v) is 9.33. The number of hydrogen-bond donors (Lipinski definition) is 0. The summed E-state index contributed by atoms with van der Waals surface area (Å²) >= 11 is 0. The average molecular weight is 413 g/mol. The van der Waals surface area contributed by atoms with Crippen LogP contribution in [0.4, 0.5) is 11.4 Å². The van der Waals surface area contributed by atoms with Gasteiger partial charge >= 0.3 is 0 Å². The van der Waals surface area contributed by atoms with Crippen molar-refractivity contribution in [2.24, 2.45) is 0 Å². The third-order valence-corrected chi connectivity index (χ3v) is 7.05. The largest absolute Gasteiger partial charge is 0.368 e. The zero-order valence-corrected chi connectivity index (χ0v) is 17.1. The van der Waals surface area contributed by atoms with Crippen LogP contribution in [0.5, 0.6) is 0 Å². The Labute approximate surface area is 170 Å². The normalized spacial score (nSPS) is 18.9. The molecule has 0 unspecified atom stereocenters. The van der Waals surface area contributed by atoms with E-state index in [2.05, 4.69) is 30.0 Å². The van der Waals surface area contributed by atoms with Gasteiger partial charge in [0.2, 0.25) is 15.9 Å². The number of rotatable bonds is 3. The minimum atomic E-state index is -3.60. The van der Waals surface area contributed by atoms with Crippen LogP contribution in [0.2, 0.25) is 0 Å². The fourth-order valence-electron chi connectivity index (χ4n) is 3.78. The Hall–Kier alpha value is -2.87. The van der Waals surface area contributed by atoms with Crippen molar-refractivity contribution in [2.45, 2.75) is 13.3 Å². The van der Waals surface area contributed by atoms with Crippen LogP contribution in [0.1, 0.15) is 22.3 Å². The molecule has 2 fully saturated rings. The van der Waals surface area contributed by atoms with E-state index in [0.29, 0.717) is 18.7 Å². The lowest BCUT2D eigenvalue weighted by Gasteiger charge is -2.36. The van der Waals surface area contributed by atoms with Gasteiger partial charge in [0, 0.05) is 43.9 Å². The number of nitrogens with zero attached hydrogens (tertiary/aromatic N) is 3. The molecule has 0 aromatic heterocycles. The van der Waals surface area contributed by atoms with Gasteiger partial charge < -0.3 is 9.80 Å². The number of carbonyl (C=O) groups excluding carboxylic acids is 2. The van der Waals surface area contributed by atoms with E-state index < -0.39 is 15.9 Å². The molecule has 2 aromatic carbocycles. The molecule has 2 aliphatic heterocycles. The van der Waals surface area contributed by atoms with Crippen molar-refractivity contribution in [3.63, 3.8) is 0 Å². The van der Waals surface area contributed by atoms with E-state index in [4.69, 9.17) is 0 Å². The Bertz CT molecular complexity index is 1040. The number of piperazine rings is 1. The third kappa shape index (κ3) is 3.85. The van der Waals surface area contributed by atoms with E-state index >= 15 is 0 Å². The van der Waals surface area contributed by atoms with Gasteiger partial charge in [-0.3, -0.25) is 9.59 Å². The molecule has 2 saturated heterocycles. The monoisotopic (exact) mass is 413 g/mol. The maximum Gasteiger partial charge on any atom is 0.253 e. The van der Waals surface area contributed by atoms with Gasteiger partial charge in [-0.1, -0.05) is 12.1 Å². The molecule has 2 amide bonds. The lowest BCUT2D eigenvalue weighted by molar-refractivity contribution is -0.116. The number of aryl methyl sites for hydroxylation is 1. The lowest BCUT2D eigenvalue weighted by atomic mass is 10.1. The summed E-state index contributed by atoms with van der Waals surface area (Å²) in [6.07, 6.45) is -0.00572. The molecule has 0 aliphatic carbocycles. The van der Waals surface area contributed by atoms with Crippen LogP contribution in [0.25, 0.3) is 0 Å². The van der Waals surface area contributed by atoms with Crippen LogP contribution in [0.3, 0.4) is 0 Å². The first kappa shape index (κ1) is 19.4. The molecule has 7 nitrogen and oxygen atoms in total. The fourth-order valence-corrected chi connectivity index (χ4v) is 5.24. The standard InChI is InChI=1S/C21H23N3O4S/c1-16-3-2-4-19(15-16)22-10-12-23(13-11-22)21(26)17-5-7-18(8-6-17)24-20(25)9-14-29(24,27)28/h2-8,15H,9-14H2,1H3. The average Bonchev–Trinajstić information content (AvgIpc) is 3.00. The van der Waals surface area contributed by atoms with Crippen molar-refractivity contribution in [1.29, 1.82) is 0 Å². The Morgan fingerprint density at radius 1 is 0.931 bits per heavy atom.